The molecule has 0 atom stereocenters. The summed E-state index contributed by atoms with van der Waals surface area (Å²) in [5.41, 5.74) is -5.54. The second-order valence-corrected chi connectivity index (χ2v) is 5.86. The van der Waals surface area contributed by atoms with Gasteiger partial charge < -0.3 is 9.69 Å². The van der Waals surface area contributed by atoms with Crippen molar-refractivity contribution in [1.82, 2.24) is 29.9 Å². The summed E-state index contributed by atoms with van der Waals surface area (Å²) < 4.78 is 40.4. The van der Waals surface area contributed by atoms with E-state index in [0.717, 1.165) is 0 Å². The van der Waals surface area contributed by atoms with Crippen molar-refractivity contribution in [1.29, 1.82) is 15.8 Å². The molecule has 11 nitrogen and oxygen atoms in total. The SMILES string of the molecule is [C-]#[N+]c1nc2c3nc(C#N)c(C#N)nc3c3nc(C#N)c(C(F)(F)F)nc3c2nc1[N+]#[C-]. The van der Waals surface area contributed by atoms with E-state index in [1.165, 1.54) is 6.07 Å². The minimum Gasteiger partial charge on any atom is -0.370 e. The monoisotopic (exact) mass is 427 g/mol. The van der Waals surface area contributed by atoms with Crippen LogP contribution < -0.4 is 0 Å². The minimum atomic E-state index is -5.05. The first-order valence-electron chi connectivity index (χ1n) is 8.07. The number of hydrogen-bond acceptors (Lipinski definition) is 9. The summed E-state index contributed by atoms with van der Waals surface area (Å²) in [6.07, 6.45) is -5.05. The van der Waals surface area contributed by atoms with Crippen LogP contribution in [-0.4, -0.2) is 29.9 Å². The van der Waals surface area contributed by atoms with Crippen LogP contribution in [0.25, 0.3) is 42.8 Å². The fourth-order valence-electron chi connectivity index (χ4n) is 2.86. The molecule has 4 aromatic rings. The lowest BCUT2D eigenvalue weighted by Gasteiger charge is -2.10. The number of rotatable bonds is 0. The molecule has 0 amide bonds. The maximum absolute atomic E-state index is 13.5. The zero-order chi connectivity index (χ0) is 23.2. The number of hydrogen-bond donors (Lipinski definition) is 0. The Morgan fingerprint density at radius 3 is 1.28 bits per heavy atom. The van der Waals surface area contributed by atoms with Crippen LogP contribution in [0.4, 0.5) is 24.8 Å². The molecule has 32 heavy (non-hydrogen) atoms. The van der Waals surface area contributed by atoms with E-state index < -0.39 is 46.1 Å². The van der Waals surface area contributed by atoms with Gasteiger partial charge in [0, 0.05) is 0 Å². The van der Waals surface area contributed by atoms with Crippen molar-refractivity contribution in [2.24, 2.45) is 0 Å². The summed E-state index contributed by atoms with van der Waals surface area (Å²) in [6, 6.07) is 4.62. The lowest BCUT2D eigenvalue weighted by Crippen LogP contribution is -2.13. The van der Waals surface area contributed by atoms with Gasteiger partial charge in [-0.1, -0.05) is 13.1 Å². The van der Waals surface area contributed by atoms with Crippen molar-refractivity contribution in [3.63, 3.8) is 0 Å². The smallest absolute Gasteiger partial charge is 0.370 e. The first-order valence-corrected chi connectivity index (χ1v) is 8.07. The Morgan fingerprint density at radius 2 is 0.938 bits per heavy atom. The Hall–Kier alpha value is -5.52. The summed E-state index contributed by atoms with van der Waals surface area (Å²) in [4.78, 5) is 29.2. The molecule has 0 saturated heterocycles. The number of alkyl halides is 3. The van der Waals surface area contributed by atoms with Crippen LogP contribution in [-0.2, 0) is 6.18 Å². The van der Waals surface area contributed by atoms with Gasteiger partial charge in [-0.05, 0) is 0 Å². The average Bonchev–Trinajstić information content (AvgIpc) is 2.80. The molecule has 1 aromatic carbocycles. The van der Waals surface area contributed by atoms with Crippen molar-refractivity contribution < 1.29 is 13.2 Å². The van der Waals surface area contributed by atoms with E-state index in [2.05, 4.69) is 39.6 Å². The number of aromatic nitrogens is 6. The Morgan fingerprint density at radius 1 is 0.594 bits per heavy atom. The molecular formula is C18F3N11. The third kappa shape index (κ3) is 2.72. The van der Waals surface area contributed by atoms with Crippen LogP contribution >= 0.6 is 0 Å². The maximum Gasteiger partial charge on any atom is 0.436 e. The number of fused-ring (bicyclic) bond motifs is 6. The first-order chi connectivity index (χ1) is 15.3. The predicted octanol–water partition coefficient (Wildman–Crippen LogP) is 3.25. The molecule has 0 aliphatic rings. The highest BCUT2D eigenvalue weighted by Crippen LogP contribution is 2.37. The van der Waals surface area contributed by atoms with Gasteiger partial charge in [0.2, 0.25) is 11.0 Å². The molecule has 0 spiro atoms. The highest BCUT2D eigenvalue weighted by atomic mass is 19.4. The zero-order valence-corrected chi connectivity index (χ0v) is 15.1. The fourth-order valence-corrected chi connectivity index (χ4v) is 2.86. The summed E-state index contributed by atoms with van der Waals surface area (Å²) in [6.45, 7) is 14.4. The molecular weight excluding hydrogens is 427 g/mol. The van der Waals surface area contributed by atoms with Crippen LogP contribution in [0.5, 0.6) is 0 Å². The second kappa shape index (κ2) is 6.77. The van der Waals surface area contributed by atoms with Crippen LogP contribution in [0, 0.1) is 47.1 Å². The first kappa shape index (κ1) is 19.8. The Kier molecular flexibility index (Phi) is 4.19. The number of nitrogens with zero attached hydrogens (tertiary/aromatic N) is 11. The quantitative estimate of drug-likeness (QED) is 0.303. The van der Waals surface area contributed by atoms with E-state index in [1.54, 1.807) is 12.1 Å². The van der Waals surface area contributed by atoms with E-state index in [0.29, 0.717) is 0 Å². The molecule has 0 bridgehead atoms. The van der Waals surface area contributed by atoms with Gasteiger partial charge >= 0.3 is 6.18 Å². The van der Waals surface area contributed by atoms with Crippen molar-refractivity contribution in [3.05, 3.63) is 45.6 Å². The standard InChI is InChI=1S/C18F3N11/c1-25-16-17(26-2)32-14-12-10(29-8(5-24)15(30-12)18(19,20)21)9-11(13(14)31-16)28-7(4-23)6(3-22)27-9. The van der Waals surface area contributed by atoms with Gasteiger partial charge in [0.25, 0.3) is 11.6 Å². The maximum atomic E-state index is 13.5. The topological polar surface area (TPSA) is 157 Å². The van der Waals surface area contributed by atoms with Crippen molar-refractivity contribution in [3.8, 4) is 18.2 Å². The second-order valence-electron chi connectivity index (χ2n) is 5.86. The van der Waals surface area contributed by atoms with Gasteiger partial charge in [-0.15, -0.1) is 9.97 Å². The van der Waals surface area contributed by atoms with Gasteiger partial charge in [0.15, 0.2) is 22.8 Å². The van der Waals surface area contributed by atoms with Gasteiger partial charge in [-0.25, -0.2) is 19.9 Å². The Labute approximate surface area is 174 Å². The van der Waals surface area contributed by atoms with E-state index in [-0.39, 0.29) is 27.6 Å². The Bertz CT molecular complexity index is 1670. The lowest BCUT2D eigenvalue weighted by molar-refractivity contribution is -0.141. The van der Waals surface area contributed by atoms with Gasteiger partial charge in [0.05, 0.1) is 0 Å². The van der Waals surface area contributed by atoms with Gasteiger partial charge in [-0.2, -0.15) is 29.0 Å². The minimum absolute atomic E-state index is 0.213. The number of nitriles is 3. The number of halogens is 3. The van der Waals surface area contributed by atoms with Gasteiger partial charge in [-0.3, -0.25) is 0 Å². The Balaban J connectivity index is 2.40. The van der Waals surface area contributed by atoms with E-state index in [9.17, 15) is 29.0 Å². The van der Waals surface area contributed by atoms with Crippen LogP contribution in [0.3, 0.4) is 0 Å². The molecule has 0 fully saturated rings. The average molecular weight is 427 g/mol. The molecule has 0 aliphatic carbocycles. The molecule has 4 rings (SSSR count). The molecule has 14 heteroatoms. The third-order valence-corrected chi connectivity index (χ3v) is 4.12. The van der Waals surface area contributed by atoms with Crippen LogP contribution in [0.15, 0.2) is 0 Å². The molecule has 0 saturated carbocycles. The highest BCUT2D eigenvalue weighted by molar-refractivity contribution is 6.18. The molecule has 0 aliphatic heterocycles. The lowest BCUT2D eigenvalue weighted by atomic mass is 10.1. The van der Waals surface area contributed by atoms with E-state index >= 15 is 0 Å². The molecule has 0 N–H and O–H groups in total. The van der Waals surface area contributed by atoms with Crippen molar-refractivity contribution >= 4 is 44.7 Å². The molecule has 3 aromatic heterocycles. The van der Waals surface area contributed by atoms with E-state index in [1.807, 2.05) is 0 Å². The zero-order valence-electron chi connectivity index (χ0n) is 15.1. The molecule has 148 valence electrons. The van der Waals surface area contributed by atoms with Crippen LogP contribution in [0.2, 0.25) is 0 Å². The third-order valence-electron chi connectivity index (χ3n) is 4.12. The number of benzene rings is 1. The molecule has 0 radical (unpaired) electrons. The van der Waals surface area contributed by atoms with Crippen LogP contribution in [0.1, 0.15) is 22.8 Å². The van der Waals surface area contributed by atoms with Crippen molar-refractivity contribution in [2.45, 2.75) is 6.18 Å². The fraction of sp³-hybridized carbons (Fsp3) is 0.0556. The summed E-state index contributed by atoms with van der Waals surface area (Å²) in [5, 5.41) is 27.7. The largest absolute Gasteiger partial charge is 0.436 e. The predicted molar refractivity (Wildman–Crippen MR) is 97.4 cm³/mol. The normalized spacial score (nSPS) is 10.8. The van der Waals surface area contributed by atoms with Crippen molar-refractivity contribution in [2.75, 3.05) is 0 Å². The van der Waals surface area contributed by atoms with Gasteiger partial charge in [0.1, 0.15) is 40.3 Å². The molecule has 0 unspecified atom stereocenters. The highest BCUT2D eigenvalue weighted by Gasteiger charge is 2.38. The summed E-state index contributed by atoms with van der Waals surface area (Å²) >= 11 is 0. The van der Waals surface area contributed by atoms with E-state index in [4.69, 9.17) is 13.1 Å². The summed E-state index contributed by atoms with van der Waals surface area (Å²) in [5.74, 6) is -0.967. The summed E-state index contributed by atoms with van der Waals surface area (Å²) in [7, 11) is 0. The molecule has 3 heterocycles.